The number of hydrogen-bond acceptors (Lipinski definition) is 5. The molecule has 0 unspecified atom stereocenters. The zero-order valence-corrected chi connectivity index (χ0v) is 17.1. The Hall–Kier alpha value is -1.74. The molecule has 1 N–H and O–H groups in total. The highest BCUT2D eigenvalue weighted by Gasteiger charge is 2.29. The minimum atomic E-state index is -3.91. The zero-order chi connectivity index (χ0) is 17.8. The molecule has 6 nitrogen and oxygen atoms in total. The lowest BCUT2D eigenvalue weighted by Crippen LogP contribution is -2.14. The lowest BCUT2D eigenvalue weighted by Gasteiger charge is -2.08. The molecule has 0 aliphatic heterocycles. The first-order valence-corrected chi connectivity index (χ1v) is 10.3. The Bertz CT molecular complexity index is 1190. The van der Waals surface area contributed by atoms with Crippen molar-refractivity contribution < 1.29 is 8.42 Å². The third-order valence-corrected chi connectivity index (χ3v) is 6.63. The molecule has 4 rings (SSSR count). The molecular formula is C16H16Cl2N4O2S2. The van der Waals surface area contributed by atoms with Crippen molar-refractivity contribution >= 4 is 66.9 Å². The maximum Gasteiger partial charge on any atom is 0.287 e. The highest BCUT2D eigenvalue weighted by atomic mass is 35.5. The van der Waals surface area contributed by atoms with E-state index in [1.807, 2.05) is 32.0 Å². The van der Waals surface area contributed by atoms with E-state index in [9.17, 15) is 8.42 Å². The number of nitrogens with zero attached hydrogens (tertiary/aromatic N) is 3. The van der Waals surface area contributed by atoms with Gasteiger partial charge in [-0.25, -0.2) is 8.96 Å². The quantitative estimate of drug-likeness (QED) is 0.517. The molecule has 0 fully saturated rings. The number of fused-ring (bicyclic) bond motifs is 2. The van der Waals surface area contributed by atoms with Gasteiger partial charge in [0.25, 0.3) is 10.0 Å². The standard InChI is InChI=1S/C16H15ClN4O2S2.ClH/c1-10(2)18-12-9-21(13-6-4-3-5-11(12)13)25(22,23)15-14(17)19-16-20(15)7-8-24-16;/h3-10,18H,1-2H3;1H. The first-order chi connectivity index (χ1) is 11.9. The molecule has 0 atom stereocenters. The number of para-hydroxylation sites is 1. The smallest absolute Gasteiger partial charge is 0.287 e. The summed E-state index contributed by atoms with van der Waals surface area (Å²) in [6.07, 6.45) is 3.26. The average Bonchev–Trinajstić information content (AvgIpc) is 3.20. The molecule has 26 heavy (non-hydrogen) atoms. The van der Waals surface area contributed by atoms with Gasteiger partial charge in [0.05, 0.1) is 11.2 Å². The molecular weight excluding hydrogens is 415 g/mol. The van der Waals surface area contributed by atoms with Gasteiger partial charge in [-0.3, -0.25) is 4.40 Å². The Kier molecular flexibility index (Phi) is 4.96. The van der Waals surface area contributed by atoms with Gasteiger partial charge in [-0.1, -0.05) is 29.8 Å². The molecule has 3 heterocycles. The van der Waals surface area contributed by atoms with Crippen molar-refractivity contribution in [2.45, 2.75) is 24.9 Å². The van der Waals surface area contributed by atoms with Crippen LogP contribution in [0, 0.1) is 0 Å². The summed E-state index contributed by atoms with van der Waals surface area (Å²) >= 11 is 7.48. The highest BCUT2D eigenvalue weighted by molar-refractivity contribution is 7.90. The predicted molar refractivity (Wildman–Crippen MR) is 109 cm³/mol. The van der Waals surface area contributed by atoms with Gasteiger partial charge >= 0.3 is 0 Å². The molecule has 0 amide bonds. The first-order valence-electron chi connectivity index (χ1n) is 7.63. The van der Waals surface area contributed by atoms with Crippen LogP contribution in [0.25, 0.3) is 15.9 Å². The van der Waals surface area contributed by atoms with E-state index < -0.39 is 10.0 Å². The third-order valence-electron chi connectivity index (χ3n) is 3.80. The maximum atomic E-state index is 13.3. The second-order valence-electron chi connectivity index (χ2n) is 5.92. The van der Waals surface area contributed by atoms with Crippen molar-refractivity contribution in [1.29, 1.82) is 0 Å². The van der Waals surface area contributed by atoms with Crippen molar-refractivity contribution in [2.75, 3.05) is 5.32 Å². The number of aromatic nitrogens is 3. The van der Waals surface area contributed by atoms with Crippen LogP contribution in [0.5, 0.6) is 0 Å². The number of imidazole rings is 1. The van der Waals surface area contributed by atoms with Gasteiger partial charge in [-0.05, 0) is 19.9 Å². The van der Waals surface area contributed by atoms with E-state index in [0.29, 0.717) is 10.5 Å². The Labute approximate surface area is 165 Å². The number of benzene rings is 1. The molecule has 1 aromatic carbocycles. The maximum absolute atomic E-state index is 13.3. The van der Waals surface area contributed by atoms with E-state index in [1.54, 1.807) is 23.8 Å². The predicted octanol–water partition coefficient (Wildman–Crippen LogP) is 4.48. The highest BCUT2D eigenvalue weighted by Crippen LogP contribution is 2.33. The molecule has 0 saturated carbocycles. The molecule has 0 aliphatic carbocycles. The monoisotopic (exact) mass is 430 g/mol. The summed E-state index contributed by atoms with van der Waals surface area (Å²) in [7, 11) is -3.91. The zero-order valence-electron chi connectivity index (χ0n) is 13.9. The fraction of sp³-hybridized carbons (Fsp3) is 0.188. The Morgan fingerprint density at radius 1 is 1.27 bits per heavy atom. The van der Waals surface area contributed by atoms with Crippen LogP contribution in [-0.2, 0) is 10.0 Å². The van der Waals surface area contributed by atoms with Gasteiger partial charge in [-0.2, -0.15) is 8.42 Å². The second kappa shape index (κ2) is 6.77. The second-order valence-corrected chi connectivity index (χ2v) is 8.88. The van der Waals surface area contributed by atoms with Crippen LogP contribution in [0.15, 0.2) is 47.1 Å². The van der Waals surface area contributed by atoms with Crippen LogP contribution in [-0.4, -0.2) is 27.8 Å². The van der Waals surface area contributed by atoms with Crippen LogP contribution in [0.3, 0.4) is 0 Å². The SMILES string of the molecule is CC(C)Nc1cn(S(=O)(=O)c2c(Cl)nc3sccn23)c2ccccc12.Cl. The van der Waals surface area contributed by atoms with Crippen molar-refractivity contribution in [2.24, 2.45) is 0 Å². The lowest BCUT2D eigenvalue weighted by atomic mass is 10.2. The van der Waals surface area contributed by atoms with Crippen molar-refractivity contribution in [3.8, 4) is 0 Å². The van der Waals surface area contributed by atoms with E-state index in [4.69, 9.17) is 11.6 Å². The molecule has 0 bridgehead atoms. The number of thiazole rings is 1. The van der Waals surface area contributed by atoms with Crippen molar-refractivity contribution in [3.05, 3.63) is 47.2 Å². The number of nitrogens with one attached hydrogen (secondary N) is 1. The van der Waals surface area contributed by atoms with Crippen LogP contribution >= 0.6 is 35.3 Å². The molecule has 138 valence electrons. The van der Waals surface area contributed by atoms with Gasteiger partial charge in [0.15, 0.2) is 10.1 Å². The molecule has 10 heteroatoms. The molecule has 0 aliphatic rings. The number of rotatable bonds is 4. The molecule has 0 spiro atoms. The van der Waals surface area contributed by atoms with Crippen LogP contribution in [0.4, 0.5) is 5.69 Å². The first kappa shape index (κ1) is 19.0. The van der Waals surface area contributed by atoms with Gasteiger partial charge in [-0.15, -0.1) is 23.7 Å². The van der Waals surface area contributed by atoms with E-state index in [-0.39, 0.29) is 28.6 Å². The summed E-state index contributed by atoms with van der Waals surface area (Å²) in [5.74, 6) is 0. The summed E-state index contributed by atoms with van der Waals surface area (Å²) in [6.45, 7) is 4.01. The van der Waals surface area contributed by atoms with Crippen LogP contribution < -0.4 is 5.32 Å². The minimum Gasteiger partial charge on any atom is -0.381 e. The van der Waals surface area contributed by atoms with E-state index in [2.05, 4.69) is 10.3 Å². The average molecular weight is 431 g/mol. The van der Waals surface area contributed by atoms with Crippen LogP contribution in [0.1, 0.15) is 13.8 Å². The van der Waals surface area contributed by atoms with Gasteiger partial charge < -0.3 is 5.32 Å². The molecule has 4 aromatic rings. The number of anilines is 1. The number of hydrogen-bond donors (Lipinski definition) is 1. The summed E-state index contributed by atoms with van der Waals surface area (Å²) in [5, 5.41) is 5.85. The Morgan fingerprint density at radius 2 is 2.00 bits per heavy atom. The lowest BCUT2D eigenvalue weighted by molar-refractivity contribution is 0.584. The summed E-state index contributed by atoms with van der Waals surface area (Å²) in [5.41, 5.74) is 1.35. The van der Waals surface area contributed by atoms with Crippen LogP contribution in [0.2, 0.25) is 5.15 Å². The van der Waals surface area contributed by atoms with E-state index in [1.165, 1.54) is 19.7 Å². The van der Waals surface area contributed by atoms with E-state index >= 15 is 0 Å². The van der Waals surface area contributed by atoms with Crippen molar-refractivity contribution in [3.63, 3.8) is 0 Å². The molecule has 3 aromatic heterocycles. The minimum absolute atomic E-state index is 0. The fourth-order valence-electron chi connectivity index (χ4n) is 2.84. The fourth-order valence-corrected chi connectivity index (χ4v) is 5.63. The number of halogens is 2. The van der Waals surface area contributed by atoms with Gasteiger partial charge in [0.1, 0.15) is 0 Å². The van der Waals surface area contributed by atoms with E-state index in [0.717, 1.165) is 11.1 Å². The summed E-state index contributed by atoms with van der Waals surface area (Å²) in [4.78, 5) is 4.68. The summed E-state index contributed by atoms with van der Waals surface area (Å²) in [6, 6.07) is 7.53. The Morgan fingerprint density at radius 3 is 2.73 bits per heavy atom. The molecule has 0 radical (unpaired) electrons. The Balaban J connectivity index is 0.00000196. The van der Waals surface area contributed by atoms with Gasteiger partial charge in [0.2, 0.25) is 5.03 Å². The van der Waals surface area contributed by atoms with Crippen molar-refractivity contribution in [1.82, 2.24) is 13.4 Å². The summed E-state index contributed by atoms with van der Waals surface area (Å²) < 4.78 is 29.4. The normalized spacial score (nSPS) is 12.0. The van der Waals surface area contributed by atoms with Gasteiger partial charge in [0, 0.05) is 29.2 Å². The molecule has 0 saturated heterocycles. The topological polar surface area (TPSA) is 68.4 Å². The third kappa shape index (κ3) is 2.87. The largest absolute Gasteiger partial charge is 0.381 e.